The van der Waals surface area contributed by atoms with Crippen LogP contribution in [0, 0.1) is 6.92 Å². The number of aryl methyl sites for hydroxylation is 1. The van der Waals surface area contributed by atoms with Crippen molar-refractivity contribution >= 4 is 39.2 Å². The molecule has 0 aliphatic carbocycles. The lowest BCUT2D eigenvalue weighted by Crippen LogP contribution is -2.17. The van der Waals surface area contributed by atoms with E-state index in [4.69, 9.17) is 10.2 Å². The highest BCUT2D eigenvalue weighted by molar-refractivity contribution is 7.92. The number of nitrogens with one attached hydrogen (secondary N) is 2. The van der Waals surface area contributed by atoms with Crippen LogP contribution in [0.25, 0.3) is 0 Å². The third-order valence-corrected chi connectivity index (χ3v) is 5.99. The quantitative estimate of drug-likeness (QED) is 0.427. The van der Waals surface area contributed by atoms with Gasteiger partial charge in [0.15, 0.2) is 0 Å². The minimum atomic E-state index is -4.13. The molecular formula is C22H18N2O7S. The number of carbonyl (C=O) groups is 3. The van der Waals surface area contributed by atoms with Gasteiger partial charge in [0.05, 0.1) is 16.0 Å². The summed E-state index contributed by atoms with van der Waals surface area (Å²) in [7, 11) is -4.13. The predicted octanol–water partition coefficient (Wildman–Crippen LogP) is 3.44. The maximum absolute atomic E-state index is 12.9. The van der Waals surface area contributed by atoms with Gasteiger partial charge in [-0.1, -0.05) is 18.2 Å². The minimum Gasteiger partial charge on any atom is -0.478 e. The summed E-state index contributed by atoms with van der Waals surface area (Å²) in [6.45, 7) is 1.56. The molecule has 0 saturated heterocycles. The first-order valence-electron chi connectivity index (χ1n) is 9.18. The molecule has 3 aromatic rings. The van der Waals surface area contributed by atoms with Crippen molar-refractivity contribution in [2.24, 2.45) is 0 Å². The van der Waals surface area contributed by atoms with E-state index < -0.39 is 27.9 Å². The van der Waals surface area contributed by atoms with Crippen LogP contribution >= 0.6 is 0 Å². The summed E-state index contributed by atoms with van der Waals surface area (Å²) in [6.07, 6.45) is 0. The van der Waals surface area contributed by atoms with E-state index in [-0.39, 0.29) is 33.0 Å². The summed E-state index contributed by atoms with van der Waals surface area (Å²) in [5, 5.41) is 20.7. The standard InChI is InChI=1S/C22H18N2O7S/c1-13-8-9-14(20(25)23-17-6-2-4-15(10-17)21(26)27)12-19(13)32(30,31)24-18-7-3-5-16(11-18)22(28)29/h2-12,24H,1H3,(H,23,25)(H,26,27)(H,28,29). The second kappa shape index (κ2) is 8.90. The van der Waals surface area contributed by atoms with E-state index in [2.05, 4.69) is 10.0 Å². The summed E-state index contributed by atoms with van der Waals surface area (Å²) in [4.78, 5) is 34.7. The summed E-state index contributed by atoms with van der Waals surface area (Å²) < 4.78 is 28.1. The van der Waals surface area contributed by atoms with Crippen LogP contribution in [0.15, 0.2) is 71.6 Å². The zero-order valence-electron chi connectivity index (χ0n) is 16.7. The molecule has 3 rings (SSSR count). The second-order valence-electron chi connectivity index (χ2n) is 6.81. The predicted molar refractivity (Wildman–Crippen MR) is 117 cm³/mol. The highest BCUT2D eigenvalue weighted by atomic mass is 32.2. The number of carboxylic acid groups (broad SMARTS) is 2. The average Bonchev–Trinajstić information content (AvgIpc) is 2.73. The molecule has 0 aromatic heterocycles. The largest absolute Gasteiger partial charge is 0.478 e. The van der Waals surface area contributed by atoms with Gasteiger partial charge in [0, 0.05) is 16.9 Å². The molecule has 0 saturated carbocycles. The fraction of sp³-hybridized carbons (Fsp3) is 0.0455. The number of hydrogen-bond donors (Lipinski definition) is 4. The zero-order chi connectivity index (χ0) is 23.5. The van der Waals surface area contributed by atoms with Gasteiger partial charge in [-0.3, -0.25) is 9.52 Å². The molecule has 10 heteroatoms. The monoisotopic (exact) mass is 454 g/mol. The molecule has 0 aliphatic heterocycles. The third-order valence-electron chi connectivity index (χ3n) is 4.47. The van der Waals surface area contributed by atoms with Crippen molar-refractivity contribution in [1.29, 1.82) is 0 Å². The van der Waals surface area contributed by atoms with Crippen molar-refractivity contribution in [3.05, 3.63) is 89.0 Å². The van der Waals surface area contributed by atoms with Crippen LogP contribution in [0.3, 0.4) is 0 Å². The zero-order valence-corrected chi connectivity index (χ0v) is 17.5. The van der Waals surface area contributed by atoms with E-state index in [9.17, 15) is 22.8 Å². The number of aromatic carboxylic acids is 2. The van der Waals surface area contributed by atoms with Crippen LogP contribution in [-0.4, -0.2) is 36.5 Å². The Morgan fingerprint density at radius 2 is 1.31 bits per heavy atom. The van der Waals surface area contributed by atoms with Gasteiger partial charge in [0.2, 0.25) is 0 Å². The Kier molecular flexibility index (Phi) is 6.26. The Morgan fingerprint density at radius 3 is 1.91 bits per heavy atom. The van der Waals surface area contributed by atoms with Gasteiger partial charge in [-0.2, -0.15) is 0 Å². The third kappa shape index (κ3) is 5.10. The van der Waals surface area contributed by atoms with Gasteiger partial charge in [-0.05, 0) is 61.0 Å². The fourth-order valence-corrected chi connectivity index (χ4v) is 4.21. The average molecular weight is 454 g/mol. The molecule has 0 radical (unpaired) electrons. The fourth-order valence-electron chi connectivity index (χ4n) is 2.89. The Bertz CT molecular complexity index is 1330. The van der Waals surface area contributed by atoms with Crippen molar-refractivity contribution in [3.8, 4) is 0 Å². The number of sulfonamides is 1. The molecule has 32 heavy (non-hydrogen) atoms. The summed E-state index contributed by atoms with van der Waals surface area (Å²) >= 11 is 0. The molecule has 0 aliphatic rings. The number of anilines is 2. The number of rotatable bonds is 7. The van der Waals surface area contributed by atoms with Crippen LogP contribution in [0.1, 0.15) is 36.6 Å². The van der Waals surface area contributed by atoms with Crippen molar-refractivity contribution in [1.82, 2.24) is 0 Å². The van der Waals surface area contributed by atoms with Crippen molar-refractivity contribution in [2.75, 3.05) is 10.0 Å². The number of hydrogen-bond acceptors (Lipinski definition) is 5. The van der Waals surface area contributed by atoms with E-state index in [1.807, 2.05) is 0 Å². The molecule has 4 N–H and O–H groups in total. The summed E-state index contributed by atoms with van der Waals surface area (Å²) in [5.41, 5.74) is 0.613. The first kappa shape index (κ1) is 22.5. The van der Waals surface area contributed by atoms with E-state index in [1.54, 1.807) is 6.92 Å². The smallest absolute Gasteiger partial charge is 0.335 e. The molecule has 9 nitrogen and oxygen atoms in total. The van der Waals surface area contributed by atoms with Gasteiger partial charge < -0.3 is 15.5 Å². The highest BCUT2D eigenvalue weighted by Gasteiger charge is 2.20. The first-order valence-corrected chi connectivity index (χ1v) is 10.7. The lowest BCUT2D eigenvalue weighted by Gasteiger charge is -2.13. The topological polar surface area (TPSA) is 150 Å². The second-order valence-corrected chi connectivity index (χ2v) is 8.46. The van der Waals surface area contributed by atoms with Crippen LogP contribution in [0.2, 0.25) is 0 Å². The molecule has 0 bridgehead atoms. The lowest BCUT2D eigenvalue weighted by atomic mass is 10.1. The van der Waals surface area contributed by atoms with E-state index in [0.29, 0.717) is 5.56 Å². The van der Waals surface area contributed by atoms with Gasteiger partial charge in [-0.15, -0.1) is 0 Å². The first-order chi connectivity index (χ1) is 15.1. The van der Waals surface area contributed by atoms with Gasteiger partial charge >= 0.3 is 11.9 Å². The number of carboxylic acids is 2. The van der Waals surface area contributed by atoms with E-state index in [0.717, 1.165) is 0 Å². The van der Waals surface area contributed by atoms with Gasteiger partial charge in [-0.25, -0.2) is 18.0 Å². The van der Waals surface area contributed by atoms with Crippen molar-refractivity contribution in [3.63, 3.8) is 0 Å². The van der Waals surface area contributed by atoms with Gasteiger partial charge in [0.25, 0.3) is 15.9 Å². The molecule has 0 atom stereocenters. The number of benzene rings is 3. The van der Waals surface area contributed by atoms with Crippen molar-refractivity contribution in [2.45, 2.75) is 11.8 Å². The Labute approximate surface area is 183 Å². The molecule has 3 aromatic carbocycles. The maximum Gasteiger partial charge on any atom is 0.335 e. The van der Waals surface area contributed by atoms with Crippen LogP contribution in [-0.2, 0) is 10.0 Å². The number of carbonyl (C=O) groups excluding carboxylic acids is 1. The van der Waals surface area contributed by atoms with Crippen LogP contribution in [0.5, 0.6) is 0 Å². The van der Waals surface area contributed by atoms with Crippen molar-refractivity contribution < 1.29 is 33.0 Å². The van der Waals surface area contributed by atoms with Gasteiger partial charge in [0.1, 0.15) is 0 Å². The Morgan fingerprint density at radius 1 is 0.750 bits per heavy atom. The highest BCUT2D eigenvalue weighted by Crippen LogP contribution is 2.22. The molecule has 0 heterocycles. The maximum atomic E-state index is 12.9. The summed E-state index contributed by atoms with van der Waals surface area (Å²) in [6, 6.07) is 15.1. The summed E-state index contributed by atoms with van der Waals surface area (Å²) in [5.74, 6) is -2.98. The Hall–Kier alpha value is -4.18. The normalized spacial score (nSPS) is 10.9. The minimum absolute atomic E-state index is 0.0113. The molecular weight excluding hydrogens is 436 g/mol. The van der Waals surface area contributed by atoms with Crippen LogP contribution in [0.4, 0.5) is 11.4 Å². The SMILES string of the molecule is Cc1ccc(C(=O)Nc2cccc(C(=O)O)c2)cc1S(=O)(=O)Nc1cccc(C(=O)O)c1. The molecule has 164 valence electrons. The number of amides is 1. The Balaban J connectivity index is 1.88. The lowest BCUT2D eigenvalue weighted by molar-refractivity contribution is 0.0686. The van der Waals surface area contributed by atoms with E-state index in [1.165, 1.54) is 66.7 Å². The molecule has 1 amide bonds. The van der Waals surface area contributed by atoms with Crippen LogP contribution < -0.4 is 10.0 Å². The molecule has 0 unspecified atom stereocenters. The molecule has 0 spiro atoms. The van der Waals surface area contributed by atoms with E-state index >= 15 is 0 Å². The molecule has 0 fully saturated rings.